The molecule has 0 spiro atoms. The first-order valence-electron chi connectivity index (χ1n) is 15.4. The highest BCUT2D eigenvalue weighted by Gasteiger charge is 2.06. The lowest BCUT2D eigenvalue weighted by atomic mass is 9.96. The zero-order valence-corrected chi connectivity index (χ0v) is 24.7. The number of aryl methyl sites for hydroxylation is 4. The average molecular weight is 533 g/mol. The minimum Gasteiger partial charge on any atom is -0.399 e. The Morgan fingerprint density at radius 3 is 1.12 bits per heavy atom. The first-order valence-corrected chi connectivity index (χ1v) is 15.4. The van der Waals surface area contributed by atoms with Gasteiger partial charge in [0.15, 0.2) is 0 Å². The van der Waals surface area contributed by atoms with E-state index < -0.39 is 0 Å². The summed E-state index contributed by atoms with van der Waals surface area (Å²) in [6.07, 6.45) is 13.6. The Hall–Kier alpha value is -3.52. The molecule has 2 nitrogen and oxygen atoms in total. The fourth-order valence-corrected chi connectivity index (χ4v) is 5.51. The number of hydrogen-bond acceptors (Lipinski definition) is 2. The highest BCUT2D eigenvalue weighted by molar-refractivity contribution is 5.50. The van der Waals surface area contributed by atoms with Gasteiger partial charge in [0.25, 0.3) is 0 Å². The van der Waals surface area contributed by atoms with E-state index in [1.165, 1.54) is 83.0 Å². The van der Waals surface area contributed by atoms with E-state index in [1.807, 2.05) is 0 Å². The van der Waals surface area contributed by atoms with Crippen LogP contribution in [0.25, 0.3) is 0 Å². The van der Waals surface area contributed by atoms with Crippen LogP contribution in [0.4, 0.5) is 11.4 Å². The Kier molecular flexibility index (Phi) is 11.3. The molecule has 0 fully saturated rings. The van der Waals surface area contributed by atoms with Crippen molar-refractivity contribution in [1.29, 1.82) is 0 Å². The minimum absolute atomic E-state index is 0.931. The van der Waals surface area contributed by atoms with E-state index in [1.54, 1.807) is 0 Å². The molecule has 2 heteroatoms. The molecule has 0 amide bonds. The number of anilines is 2. The molecule has 4 rings (SSSR count). The summed E-state index contributed by atoms with van der Waals surface area (Å²) in [5.74, 6) is 0. The van der Waals surface area contributed by atoms with Crippen LogP contribution in [0.1, 0.15) is 96.9 Å². The van der Waals surface area contributed by atoms with Crippen molar-refractivity contribution >= 4 is 11.4 Å². The minimum atomic E-state index is 0.931. The van der Waals surface area contributed by atoms with Gasteiger partial charge in [-0.15, -0.1) is 0 Å². The number of nitrogens with two attached hydrogens (primary N) is 2. The van der Waals surface area contributed by atoms with Gasteiger partial charge in [-0.1, -0.05) is 112 Å². The Labute approximate surface area is 242 Å². The van der Waals surface area contributed by atoms with Crippen LogP contribution in [0.15, 0.2) is 84.9 Å². The predicted octanol–water partition coefficient (Wildman–Crippen LogP) is 9.28. The van der Waals surface area contributed by atoms with Crippen molar-refractivity contribution < 1.29 is 0 Å². The molecule has 0 bridgehead atoms. The summed E-state index contributed by atoms with van der Waals surface area (Å²) < 4.78 is 0. The monoisotopic (exact) mass is 532 g/mol. The molecule has 4 aromatic carbocycles. The van der Waals surface area contributed by atoms with E-state index in [-0.39, 0.29) is 0 Å². The zero-order valence-electron chi connectivity index (χ0n) is 24.7. The van der Waals surface area contributed by atoms with Gasteiger partial charge in [0.1, 0.15) is 0 Å². The molecular formula is C38H48N2. The predicted molar refractivity (Wildman–Crippen MR) is 174 cm³/mol. The number of rotatable bonds is 15. The van der Waals surface area contributed by atoms with Crippen LogP contribution in [0.3, 0.4) is 0 Å². The molecule has 0 radical (unpaired) electrons. The second-order valence-corrected chi connectivity index (χ2v) is 11.5. The molecular weight excluding hydrogens is 484 g/mol. The molecule has 0 saturated carbocycles. The van der Waals surface area contributed by atoms with E-state index >= 15 is 0 Å². The number of benzene rings is 4. The number of nitrogen functional groups attached to an aromatic ring is 2. The third-order valence-corrected chi connectivity index (χ3v) is 8.08. The quantitative estimate of drug-likeness (QED) is 0.118. The molecule has 210 valence electrons. The van der Waals surface area contributed by atoms with Gasteiger partial charge in [0.05, 0.1) is 0 Å². The summed E-state index contributed by atoms with van der Waals surface area (Å²) in [4.78, 5) is 0. The molecule has 40 heavy (non-hydrogen) atoms. The van der Waals surface area contributed by atoms with E-state index in [4.69, 9.17) is 11.5 Å². The van der Waals surface area contributed by atoms with E-state index in [0.29, 0.717) is 0 Å². The van der Waals surface area contributed by atoms with Gasteiger partial charge in [-0.2, -0.15) is 0 Å². The number of hydrogen-bond donors (Lipinski definition) is 2. The summed E-state index contributed by atoms with van der Waals surface area (Å²) in [5.41, 5.74) is 25.1. The lowest BCUT2D eigenvalue weighted by molar-refractivity contribution is 0.718. The van der Waals surface area contributed by atoms with Gasteiger partial charge in [0.2, 0.25) is 0 Å². The van der Waals surface area contributed by atoms with Crippen LogP contribution >= 0.6 is 0 Å². The van der Waals surface area contributed by atoms with Gasteiger partial charge in [0, 0.05) is 11.4 Å². The van der Waals surface area contributed by atoms with Crippen molar-refractivity contribution in [2.45, 2.75) is 90.9 Å². The fraction of sp³-hybridized carbons (Fsp3) is 0.368. The first-order chi connectivity index (χ1) is 19.5. The lowest BCUT2D eigenvalue weighted by Crippen LogP contribution is -1.98. The summed E-state index contributed by atoms with van der Waals surface area (Å²) in [6, 6.07) is 31.5. The Balaban J connectivity index is 1.27. The van der Waals surface area contributed by atoms with Gasteiger partial charge in [-0.05, 0) is 108 Å². The van der Waals surface area contributed by atoms with Gasteiger partial charge < -0.3 is 11.5 Å². The summed E-state index contributed by atoms with van der Waals surface area (Å²) in [7, 11) is 0. The van der Waals surface area contributed by atoms with Crippen molar-refractivity contribution in [2.24, 2.45) is 0 Å². The van der Waals surface area contributed by atoms with Gasteiger partial charge in [-0.25, -0.2) is 0 Å². The fourth-order valence-electron chi connectivity index (χ4n) is 5.51. The molecule has 4 aromatic rings. The SMILES string of the molecule is CCCCCc1cc(Cc2ccc(CCc3ccc(Cc4ccc(N)c(CCCCC)c4)cc3)cc2)ccc1N. The van der Waals surface area contributed by atoms with E-state index in [2.05, 4.69) is 98.8 Å². The van der Waals surface area contributed by atoms with Crippen molar-refractivity contribution in [3.63, 3.8) is 0 Å². The van der Waals surface area contributed by atoms with E-state index in [9.17, 15) is 0 Å². The highest BCUT2D eigenvalue weighted by Crippen LogP contribution is 2.22. The lowest BCUT2D eigenvalue weighted by Gasteiger charge is -2.10. The van der Waals surface area contributed by atoms with Crippen molar-refractivity contribution in [1.82, 2.24) is 0 Å². The van der Waals surface area contributed by atoms with Crippen LogP contribution in [-0.2, 0) is 38.5 Å². The maximum absolute atomic E-state index is 6.23. The zero-order chi connectivity index (χ0) is 28.2. The molecule has 0 aliphatic carbocycles. The average Bonchev–Trinajstić information content (AvgIpc) is 2.97. The molecule has 0 aliphatic heterocycles. The largest absolute Gasteiger partial charge is 0.399 e. The molecule has 0 aromatic heterocycles. The number of unbranched alkanes of at least 4 members (excludes halogenated alkanes) is 4. The van der Waals surface area contributed by atoms with Crippen LogP contribution in [0.5, 0.6) is 0 Å². The standard InChI is InChI=1S/C38H48N2/c1-3-5-7-9-35-27-33(21-23-37(35)39)25-31-17-13-29(14-18-31)11-12-30-15-19-32(20-16-30)26-34-22-24-38(40)36(28-34)10-8-6-4-2/h13-24,27-28H,3-12,25-26,39-40H2,1-2H3. The maximum atomic E-state index is 6.23. The molecule has 0 atom stereocenters. The van der Waals surface area contributed by atoms with Crippen molar-refractivity contribution in [2.75, 3.05) is 11.5 Å². The van der Waals surface area contributed by atoms with Crippen LogP contribution in [0, 0.1) is 0 Å². The van der Waals surface area contributed by atoms with Gasteiger partial charge in [-0.3, -0.25) is 0 Å². The summed E-state index contributed by atoms with van der Waals surface area (Å²) in [6.45, 7) is 4.49. The Morgan fingerprint density at radius 2 is 0.750 bits per heavy atom. The maximum Gasteiger partial charge on any atom is 0.0346 e. The second-order valence-electron chi connectivity index (χ2n) is 11.5. The topological polar surface area (TPSA) is 52.0 Å². The van der Waals surface area contributed by atoms with Gasteiger partial charge >= 0.3 is 0 Å². The molecule has 0 aliphatic rings. The second kappa shape index (κ2) is 15.3. The van der Waals surface area contributed by atoms with Crippen LogP contribution < -0.4 is 11.5 Å². The Bertz CT molecular complexity index is 1210. The molecule has 0 unspecified atom stereocenters. The van der Waals surface area contributed by atoms with Crippen molar-refractivity contribution in [3.8, 4) is 0 Å². The van der Waals surface area contributed by atoms with Crippen LogP contribution in [-0.4, -0.2) is 0 Å². The summed E-state index contributed by atoms with van der Waals surface area (Å²) >= 11 is 0. The normalized spacial score (nSPS) is 11.2. The van der Waals surface area contributed by atoms with E-state index in [0.717, 1.165) is 49.9 Å². The molecule has 0 heterocycles. The third kappa shape index (κ3) is 9.01. The summed E-state index contributed by atoms with van der Waals surface area (Å²) in [5, 5.41) is 0. The van der Waals surface area contributed by atoms with Crippen molar-refractivity contribution in [3.05, 3.63) is 129 Å². The van der Waals surface area contributed by atoms with Crippen LogP contribution in [0.2, 0.25) is 0 Å². The third-order valence-electron chi connectivity index (χ3n) is 8.08. The highest BCUT2D eigenvalue weighted by atomic mass is 14.6. The Morgan fingerprint density at radius 1 is 0.400 bits per heavy atom. The molecule has 0 saturated heterocycles. The first kappa shape index (κ1) is 29.5. The smallest absolute Gasteiger partial charge is 0.0346 e. The molecule has 4 N–H and O–H groups in total.